The summed E-state index contributed by atoms with van der Waals surface area (Å²) in [5.41, 5.74) is 5.42. The molecule has 0 radical (unpaired) electrons. The first kappa shape index (κ1) is 13.5. The lowest BCUT2D eigenvalue weighted by Gasteiger charge is -2.15. The van der Waals surface area contributed by atoms with Crippen molar-refractivity contribution < 1.29 is 10.0 Å². The summed E-state index contributed by atoms with van der Waals surface area (Å²) >= 11 is 1.45. The van der Waals surface area contributed by atoms with Crippen LogP contribution in [0, 0.1) is 6.92 Å². The Labute approximate surface area is 104 Å². The molecule has 0 aliphatic rings. The number of oxime groups is 1. The first-order valence-corrected chi connectivity index (χ1v) is 6.22. The molecular formula is C11H17N3O2S. The molecular weight excluding hydrogens is 238 g/mol. The van der Waals surface area contributed by atoms with Gasteiger partial charge in [0.1, 0.15) is 5.84 Å². The molecule has 4 N–H and O–H groups in total. The van der Waals surface area contributed by atoms with Gasteiger partial charge in [0, 0.05) is 17.3 Å². The van der Waals surface area contributed by atoms with Gasteiger partial charge in [-0.15, -0.1) is 11.3 Å². The smallest absolute Gasteiger partial charge is 0.261 e. The fraction of sp³-hybridized carbons (Fsp3) is 0.455. The molecule has 0 bridgehead atoms. The lowest BCUT2D eigenvalue weighted by Crippen LogP contribution is -2.37. The van der Waals surface area contributed by atoms with E-state index < -0.39 is 0 Å². The van der Waals surface area contributed by atoms with Gasteiger partial charge in [-0.05, 0) is 25.5 Å². The average molecular weight is 255 g/mol. The zero-order valence-corrected chi connectivity index (χ0v) is 10.8. The Balaban J connectivity index is 2.59. The maximum absolute atomic E-state index is 11.9. The number of carbonyl (C=O) groups excluding carboxylic acids is 1. The second-order valence-electron chi connectivity index (χ2n) is 3.78. The van der Waals surface area contributed by atoms with Gasteiger partial charge in [-0.25, -0.2) is 0 Å². The largest absolute Gasteiger partial charge is 0.409 e. The van der Waals surface area contributed by atoms with E-state index in [0.29, 0.717) is 11.3 Å². The third-order valence-corrected chi connectivity index (χ3v) is 3.38. The number of rotatable bonds is 5. The second-order valence-corrected chi connectivity index (χ2v) is 5.07. The highest BCUT2D eigenvalue weighted by atomic mass is 32.1. The first-order valence-electron chi connectivity index (χ1n) is 5.40. The molecule has 0 fully saturated rings. The molecule has 1 atom stereocenters. The molecule has 6 heteroatoms. The Bertz CT molecular complexity index is 415. The standard InChI is InChI=1S/C11H17N3O2S/c1-3-8(6-10(12)14-16)13-11(15)9-5-4-7(2)17-9/h4-5,8,16H,3,6H2,1-2H3,(H2,12,14)(H,13,15). The van der Waals surface area contributed by atoms with Crippen LogP contribution in [0.4, 0.5) is 0 Å². The molecule has 1 aromatic heterocycles. The summed E-state index contributed by atoms with van der Waals surface area (Å²) in [4.78, 5) is 13.6. The first-order chi connectivity index (χ1) is 8.06. The molecule has 94 valence electrons. The molecule has 0 aliphatic carbocycles. The normalized spacial score (nSPS) is 13.4. The molecule has 1 aromatic rings. The van der Waals surface area contributed by atoms with E-state index in [0.717, 1.165) is 11.3 Å². The number of nitrogens with zero attached hydrogens (tertiary/aromatic N) is 1. The molecule has 1 unspecified atom stereocenters. The topological polar surface area (TPSA) is 87.7 Å². The van der Waals surface area contributed by atoms with Crippen LogP contribution in [-0.4, -0.2) is 23.0 Å². The monoisotopic (exact) mass is 255 g/mol. The van der Waals surface area contributed by atoms with E-state index in [-0.39, 0.29) is 17.8 Å². The molecule has 0 saturated heterocycles. The summed E-state index contributed by atoms with van der Waals surface area (Å²) in [6, 6.07) is 3.59. The number of aryl methyl sites for hydroxylation is 1. The highest BCUT2D eigenvalue weighted by Gasteiger charge is 2.14. The van der Waals surface area contributed by atoms with Crippen LogP contribution in [0.1, 0.15) is 34.3 Å². The van der Waals surface area contributed by atoms with Crippen molar-refractivity contribution in [2.45, 2.75) is 32.7 Å². The number of carbonyl (C=O) groups is 1. The molecule has 5 nitrogen and oxygen atoms in total. The number of amidine groups is 1. The van der Waals surface area contributed by atoms with E-state index in [1.807, 2.05) is 19.9 Å². The summed E-state index contributed by atoms with van der Waals surface area (Å²) in [5, 5.41) is 14.3. The van der Waals surface area contributed by atoms with Crippen molar-refractivity contribution in [2.24, 2.45) is 10.9 Å². The SMILES string of the molecule is CCC(CC(N)=NO)NC(=O)c1ccc(C)s1. The van der Waals surface area contributed by atoms with Gasteiger partial charge in [-0.3, -0.25) is 4.79 Å². The highest BCUT2D eigenvalue weighted by Crippen LogP contribution is 2.15. The number of hydrogen-bond acceptors (Lipinski definition) is 4. The maximum atomic E-state index is 11.9. The Morgan fingerprint density at radius 1 is 1.65 bits per heavy atom. The Hall–Kier alpha value is -1.56. The Morgan fingerprint density at radius 3 is 2.82 bits per heavy atom. The lowest BCUT2D eigenvalue weighted by atomic mass is 10.1. The van der Waals surface area contributed by atoms with Crippen LogP contribution < -0.4 is 11.1 Å². The van der Waals surface area contributed by atoms with Gasteiger partial charge in [0.15, 0.2) is 0 Å². The van der Waals surface area contributed by atoms with Crippen LogP contribution in [0.5, 0.6) is 0 Å². The fourth-order valence-electron chi connectivity index (χ4n) is 1.40. The highest BCUT2D eigenvalue weighted by molar-refractivity contribution is 7.13. The van der Waals surface area contributed by atoms with E-state index in [4.69, 9.17) is 10.9 Å². The van der Waals surface area contributed by atoms with Crippen molar-refractivity contribution in [3.8, 4) is 0 Å². The van der Waals surface area contributed by atoms with E-state index in [1.165, 1.54) is 11.3 Å². The van der Waals surface area contributed by atoms with Crippen molar-refractivity contribution in [1.82, 2.24) is 5.32 Å². The number of thiophene rings is 1. The van der Waals surface area contributed by atoms with Crippen LogP contribution in [0.2, 0.25) is 0 Å². The summed E-state index contributed by atoms with van der Waals surface area (Å²) < 4.78 is 0. The maximum Gasteiger partial charge on any atom is 0.261 e. The van der Waals surface area contributed by atoms with E-state index >= 15 is 0 Å². The number of hydrogen-bond donors (Lipinski definition) is 3. The predicted molar refractivity (Wildman–Crippen MR) is 68.6 cm³/mol. The third-order valence-electron chi connectivity index (χ3n) is 2.38. The molecule has 1 heterocycles. The van der Waals surface area contributed by atoms with Crippen molar-refractivity contribution in [2.75, 3.05) is 0 Å². The summed E-state index contributed by atoms with van der Waals surface area (Å²) in [5.74, 6) is 0.0141. The fourth-order valence-corrected chi connectivity index (χ4v) is 2.17. The minimum Gasteiger partial charge on any atom is -0.409 e. The minimum absolute atomic E-state index is 0.110. The van der Waals surface area contributed by atoms with Crippen LogP contribution in [0.25, 0.3) is 0 Å². The third kappa shape index (κ3) is 4.07. The van der Waals surface area contributed by atoms with Gasteiger partial charge < -0.3 is 16.3 Å². The van der Waals surface area contributed by atoms with E-state index in [9.17, 15) is 4.79 Å². The molecule has 0 spiro atoms. The van der Waals surface area contributed by atoms with Gasteiger partial charge in [0.25, 0.3) is 5.91 Å². The molecule has 1 rings (SSSR count). The Morgan fingerprint density at radius 2 is 2.35 bits per heavy atom. The van der Waals surface area contributed by atoms with Gasteiger partial charge in [-0.2, -0.15) is 0 Å². The molecule has 0 aliphatic heterocycles. The van der Waals surface area contributed by atoms with Crippen LogP contribution >= 0.6 is 11.3 Å². The average Bonchev–Trinajstić information content (AvgIpc) is 2.74. The Kier molecular flexibility index (Phi) is 4.96. The summed E-state index contributed by atoms with van der Waals surface area (Å²) in [7, 11) is 0. The van der Waals surface area contributed by atoms with Crippen molar-refractivity contribution in [3.05, 3.63) is 21.9 Å². The van der Waals surface area contributed by atoms with E-state index in [2.05, 4.69) is 10.5 Å². The molecule has 1 amide bonds. The molecule has 17 heavy (non-hydrogen) atoms. The van der Waals surface area contributed by atoms with Gasteiger partial charge in [0.2, 0.25) is 0 Å². The number of nitrogens with two attached hydrogens (primary N) is 1. The minimum atomic E-state index is -0.110. The quantitative estimate of drug-likeness (QED) is 0.324. The number of nitrogens with one attached hydrogen (secondary N) is 1. The molecule has 0 aromatic carbocycles. The van der Waals surface area contributed by atoms with Crippen molar-refractivity contribution in [3.63, 3.8) is 0 Å². The predicted octanol–water partition coefficient (Wildman–Crippen LogP) is 1.70. The number of amides is 1. The van der Waals surface area contributed by atoms with E-state index in [1.54, 1.807) is 6.07 Å². The zero-order chi connectivity index (χ0) is 12.8. The second kappa shape index (κ2) is 6.24. The summed E-state index contributed by atoms with van der Waals surface area (Å²) in [6.07, 6.45) is 1.08. The van der Waals surface area contributed by atoms with Crippen LogP contribution in [-0.2, 0) is 0 Å². The van der Waals surface area contributed by atoms with Gasteiger partial charge in [0.05, 0.1) is 4.88 Å². The lowest BCUT2D eigenvalue weighted by molar-refractivity contribution is 0.0941. The van der Waals surface area contributed by atoms with Crippen molar-refractivity contribution in [1.29, 1.82) is 0 Å². The van der Waals surface area contributed by atoms with Crippen LogP contribution in [0.15, 0.2) is 17.3 Å². The zero-order valence-electron chi connectivity index (χ0n) is 9.93. The van der Waals surface area contributed by atoms with Crippen molar-refractivity contribution >= 4 is 23.1 Å². The van der Waals surface area contributed by atoms with Gasteiger partial charge in [-0.1, -0.05) is 12.1 Å². The molecule has 0 saturated carbocycles. The van der Waals surface area contributed by atoms with Crippen LogP contribution in [0.3, 0.4) is 0 Å². The van der Waals surface area contributed by atoms with Gasteiger partial charge >= 0.3 is 0 Å². The summed E-state index contributed by atoms with van der Waals surface area (Å²) in [6.45, 7) is 3.89.